The molecule has 2 rings (SSSR count). The quantitative estimate of drug-likeness (QED) is 0.737. The number of phenols is 1. The molecule has 2 amide bonds. The number of carbonyl (C=O) groups excluding carboxylic acids is 1. The number of anilines is 1. The first-order valence-electron chi connectivity index (χ1n) is 6.67. The monoisotopic (exact) mass is 294 g/mol. The van der Waals surface area contributed by atoms with E-state index in [2.05, 4.69) is 5.32 Å². The van der Waals surface area contributed by atoms with Crippen molar-refractivity contribution in [3.05, 3.63) is 23.8 Å². The Morgan fingerprint density at radius 3 is 2.86 bits per heavy atom. The minimum atomic E-state index is -1.25. The van der Waals surface area contributed by atoms with Crippen LogP contribution in [0.15, 0.2) is 18.2 Å². The molecular formula is C14H18N2O5. The van der Waals surface area contributed by atoms with Gasteiger partial charge < -0.3 is 25.2 Å². The maximum atomic E-state index is 12.2. The number of ether oxygens (including phenoxy) is 1. The fraction of sp³-hybridized carbons (Fsp3) is 0.429. The second kappa shape index (κ2) is 6.45. The van der Waals surface area contributed by atoms with Gasteiger partial charge in [-0.2, -0.15) is 0 Å². The lowest BCUT2D eigenvalue weighted by atomic mass is 10.1. The number of carboxylic acids is 1. The van der Waals surface area contributed by atoms with Crippen molar-refractivity contribution < 1.29 is 24.5 Å². The van der Waals surface area contributed by atoms with Crippen molar-refractivity contribution in [1.29, 1.82) is 0 Å². The fourth-order valence-electron chi connectivity index (χ4n) is 2.33. The number of benzene rings is 1. The predicted octanol–water partition coefficient (Wildman–Crippen LogP) is 1.73. The summed E-state index contributed by atoms with van der Waals surface area (Å²) in [6, 6.07) is 3.81. The van der Waals surface area contributed by atoms with E-state index < -0.39 is 11.7 Å². The Bertz CT molecular complexity index is 546. The Labute approximate surface area is 122 Å². The number of likely N-dealkylation sites (tertiary alicyclic amines) is 1. The van der Waals surface area contributed by atoms with Crippen LogP contribution in [0.3, 0.4) is 0 Å². The molecule has 1 aliphatic heterocycles. The number of amides is 2. The highest BCUT2D eigenvalue weighted by Crippen LogP contribution is 2.28. The first-order chi connectivity index (χ1) is 10.0. The minimum Gasteiger partial charge on any atom is -0.505 e. The molecule has 1 heterocycles. The van der Waals surface area contributed by atoms with Crippen LogP contribution in [-0.2, 0) is 4.74 Å². The van der Waals surface area contributed by atoms with E-state index in [1.165, 1.54) is 18.2 Å². The molecule has 1 aromatic carbocycles. The highest BCUT2D eigenvalue weighted by Gasteiger charge is 2.24. The van der Waals surface area contributed by atoms with Gasteiger partial charge in [0.05, 0.1) is 11.8 Å². The van der Waals surface area contributed by atoms with E-state index in [9.17, 15) is 14.7 Å². The van der Waals surface area contributed by atoms with Crippen LogP contribution in [0.25, 0.3) is 0 Å². The van der Waals surface area contributed by atoms with Gasteiger partial charge in [-0.1, -0.05) is 6.07 Å². The summed E-state index contributed by atoms with van der Waals surface area (Å²) in [5.41, 5.74) is -0.166. The standard InChI is InChI=1S/C14H18N2O5/c1-21-9-4-3-7-16(8-9)14(20)15-11-6-2-5-10(12(11)17)13(18)19/h2,5-6,9,17H,3-4,7-8H2,1H3,(H,15,20)(H,18,19). The van der Waals surface area contributed by atoms with Crippen LogP contribution in [0.2, 0.25) is 0 Å². The summed E-state index contributed by atoms with van der Waals surface area (Å²) in [7, 11) is 1.61. The van der Waals surface area contributed by atoms with E-state index in [4.69, 9.17) is 9.84 Å². The van der Waals surface area contributed by atoms with Crippen LogP contribution in [0.1, 0.15) is 23.2 Å². The van der Waals surface area contributed by atoms with Gasteiger partial charge in [0.2, 0.25) is 0 Å². The van der Waals surface area contributed by atoms with Crippen molar-refractivity contribution in [3.63, 3.8) is 0 Å². The highest BCUT2D eigenvalue weighted by molar-refractivity contribution is 5.97. The maximum absolute atomic E-state index is 12.2. The third-order valence-electron chi connectivity index (χ3n) is 3.51. The van der Waals surface area contributed by atoms with Gasteiger partial charge >= 0.3 is 12.0 Å². The Balaban J connectivity index is 2.09. The first-order valence-corrected chi connectivity index (χ1v) is 6.67. The molecule has 0 aromatic heterocycles. The summed E-state index contributed by atoms with van der Waals surface area (Å²) in [6.07, 6.45) is 1.75. The summed E-state index contributed by atoms with van der Waals surface area (Å²) in [4.78, 5) is 24.7. The zero-order chi connectivity index (χ0) is 15.4. The normalized spacial score (nSPS) is 18.3. The number of carbonyl (C=O) groups is 2. The smallest absolute Gasteiger partial charge is 0.339 e. The minimum absolute atomic E-state index is 0.00320. The number of carboxylic acid groups (broad SMARTS) is 1. The Hall–Kier alpha value is -2.28. The van der Waals surface area contributed by atoms with Crippen molar-refractivity contribution in [1.82, 2.24) is 4.90 Å². The molecule has 0 saturated carbocycles. The van der Waals surface area contributed by atoms with Gasteiger partial charge in [0.25, 0.3) is 0 Å². The molecular weight excluding hydrogens is 276 g/mol. The Morgan fingerprint density at radius 1 is 1.43 bits per heavy atom. The molecule has 1 aromatic rings. The van der Waals surface area contributed by atoms with Crippen LogP contribution in [-0.4, -0.2) is 53.4 Å². The van der Waals surface area contributed by atoms with E-state index in [0.717, 1.165) is 12.8 Å². The molecule has 0 spiro atoms. The summed E-state index contributed by atoms with van der Waals surface area (Å²) in [5, 5.41) is 21.3. The fourth-order valence-corrected chi connectivity index (χ4v) is 2.33. The van der Waals surface area contributed by atoms with E-state index in [1.54, 1.807) is 12.0 Å². The molecule has 21 heavy (non-hydrogen) atoms. The molecule has 1 atom stereocenters. The molecule has 114 valence electrons. The molecule has 3 N–H and O–H groups in total. The molecule has 1 fully saturated rings. The van der Waals surface area contributed by atoms with Gasteiger partial charge in [0.1, 0.15) is 5.56 Å². The number of aromatic hydroxyl groups is 1. The summed E-state index contributed by atoms with van der Waals surface area (Å²) in [5.74, 6) is -1.69. The molecule has 0 bridgehead atoms. The summed E-state index contributed by atoms with van der Waals surface area (Å²) in [6.45, 7) is 1.08. The summed E-state index contributed by atoms with van der Waals surface area (Å²) < 4.78 is 5.25. The average molecular weight is 294 g/mol. The van der Waals surface area contributed by atoms with Crippen molar-refractivity contribution in [3.8, 4) is 5.75 Å². The molecule has 1 aliphatic rings. The molecule has 1 saturated heterocycles. The van der Waals surface area contributed by atoms with E-state index in [0.29, 0.717) is 13.1 Å². The van der Waals surface area contributed by atoms with Crippen molar-refractivity contribution in [2.45, 2.75) is 18.9 Å². The molecule has 1 unspecified atom stereocenters. The second-order valence-corrected chi connectivity index (χ2v) is 4.88. The number of para-hydroxylation sites is 1. The van der Waals surface area contributed by atoms with Gasteiger partial charge in [0, 0.05) is 20.2 Å². The van der Waals surface area contributed by atoms with Gasteiger partial charge in [-0.15, -0.1) is 0 Å². The van der Waals surface area contributed by atoms with Crippen LogP contribution >= 0.6 is 0 Å². The van der Waals surface area contributed by atoms with Crippen LogP contribution in [0.5, 0.6) is 5.75 Å². The van der Waals surface area contributed by atoms with Crippen LogP contribution in [0.4, 0.5) is 10.5 Å². The van der Waals surface area contributed by atoms with E-state index in [-0.39, 0.29) is 23.4 Å². The van der Waals surface area contributed by atoms with Crippen molar-refractivity contribution >= 4 is 17.7 Å². The largest absolute Gasteiger partial charge is 0.505 e. The number of urea groups is 1. The van der Waals surface area contributed by atoms with E-state index in [1.807, 2.05) is 0 Å². The Kier molecular flexibility index (Phi) is 4.64. The molecule has 7 heteroatoms. The predicted molar refractivity (Wildman–Crippen MR) is 75.7 cm³/mol. The number of methoxy groups -OCH3 is 1. The molecule has 0 radical (unpaired) electrons. The number of aromatic carboxylic acids is 1. The number of nitrogens with zero attached hydrogens (tertiary/aromatic N) is 1. The number of hydrogen-bond donors (Lipinski definition) is 3. The third kappa shape index (κ3) is 3.43. The SMILES string of the molecule is COC1CCCN(C(=O)Nc2cccc(C(=O)O)c2O)C1. The molecule has 0 aliphatic carbocycles. The lowest BCUT2D eigenvalue weighted by Crippen LogP contribution is -2.44. The topological polar surface area (TPSA) is 99.1 Å². The van der Waals surface area contributed by atoms with Crippen LogP contribution in [0, 0.1) is 0 Å². The number of nitrogens with one attached hydrogen (secondary N) is 1. The van der Waals surface area contributed by atoms with Gasteiger partial charge in [-0.3, -0.25) is 0 Å². The van der Waals surface area contributed by atoms with Crippen molar-refractivity contribution in [2.75, 3.05) is 25.5 Å². The average Bonchev–Trinajstić information content (AvgIpc) is 2.49. The highest BCUT2D eigenvalue weighted by atomic mass is 16.5. The Morgan fingerprint density at radius 2 is 2.19 bits per heavy atom. The lowest BCUT2D eigenvalue weighted by molar-refractivity contribution is 0.0458. The number of rotatable bonds is 3. The lowest BCUT2D eigenvalue weighted by Gasteiger charge is -2.32. The maximum Gasteiger partial charge on any atom is 0.339 e. The van der Waals surface area contributed by atoms with Crippen molar-refractivity contribution in [2.24, 2.45) is 0 Å². The number of hydrogen-bond acceptors (Lipinski definition) is 4. The zero-order valence-electron chi connectivity index (χ0n) is 11.7. The van der Waals surface area contributed by atoms with Crippen LogP contribution < -0.4 is 5.32 Å². The third-order valence-corrected chi connectivity index (χ3v) is 3.51. The van der Waals surface area contributed by atoms with Gasteiger partial charge in [-0.25, -0.2) is 9.59 Å². The summed E-state index contributed by atoms with van der Waals surface area (Å²) >= 11 is 0. The van der Waals surface area contributed by atoms with Gasteiger partial charge in [-0.05, 0) is 25.0 Å². The second-order valence-electron chi connectivity index (χ2n) is 4.88. The molecule has 7 nitrogen and oxygen atoms in total. The first kappa shape index (κ1) is 15.1. The van der Waals surface area contributed by atoms with Gasteiger partial charge in [0.15, 0.2) is 5.75 Å². The zero-order valence-corrected chi connectivity index (χ0v) is 11.7. The number of piperidine rings is 1. The van der Waals surface area contributed by atoms with E-state index >= 15 is 0 Å².